The lowest BCUT2D eigenvalue weighted by atomic mass is 10.1. The summed E-state index contributed by atoms with van der Waals surface area (Å²) in [6.45, 7) is 5.75. The van der Waals surface area contributed by atoms with Crippen LogP contribution in [-0.4, -0.2) is 11.1 Å². The smallest absolute Gasteiger partial charge is 0.335 e. The summed E-state index contributed by atoms with van der Waals surface area (Å²) in [5, 5.41) is 12.2. The first kappa shape index (κ1) is 14.3. The maximum absolute atomic E-state index is 10.8. The molecule has 104 valence electrons. The van der Waals surface area contributed by atoms with E-state index < -0.39 is 5.97 Å². The first-order valence-electron chi connectivity index (χ1n) is 6.65. The monoisotopic (exact) mass is 269 g/mol. The van der Waals surface area contributed by atoms with E-state index in [9.17, 15) is 4.79 Å². The van der Waals surface area contributed by atoms with E-state index in [0.29, 0.717) is 5.56 Å². The topological polar surface area (TPSA) is 49.3 Å². The molecule has 2 rings (SSSR count). The summed E-state index contributed by atoms with van der Waals surface area (Å²) in [5.41, 5.74) is 5.26. The summed E-state index contributed by atoms with van der Waals surface area (Å²) < 4.78 is 0. The zero-order chi connectivity index (χ0) is 14.5. The van der Waals surface area contributed by atoms with Gasteiger partial charge in [0, 0.05) is 13.1 Å². The largest absolute Gasteiger partial charge is 0.478 e. The summed E-state index contributed by atoms with van der Waals surface area (Å²) >= 11 is 0. The van der Waals surface area contributed by atoms with Crippen molar-refractivity contribution < 1.29 is 9.90 Å². The van der Waals surface area contributed by atoms with Gasteiger partial charge in [-0.1, -0.05) is 35.9 Å². The summed E-state index contributed by atoms with van der Waals surface area (Å²) in [6.07, 6.45) is 0. The van der Waals surface area contributed by atoms with Gasteiger partial charge in [-0.3, -0.25) is 0 Å². The Balaban J connectivity index is 1.91. The van der Waals surface area contributed by atoms with Crippen molar-refractivity contribution in [2.75, 3.05) is 0 Å². The second-order valence-electron chi connectivity index (χ2n) is 5.04. The molecule has 0 fully saturated rings. The van der Waals surface area contributed by atoms with E-state index in [0.717, 1.165) is 18.7 Å². The van der Waals surface area contributed by atoms with Crippen molar-refractivity contribution in [2.45, 2.75) is 26.9 Å². The molecule has 0 unspecified atom stereocenters. The molecule has 0 saturated heterocycles. The van der Waals surface area contributed by atoms with Gasteiger partial charge in [0.1, 0.15) is 0 Å². The fourth-order valence-corrected chi connectivity index (χ4v) is 2.15. The Morgan fingerprint density at radius 3 is 2.35 bits per heavy atom. The molecule has 0 atom stereocenters. The minimum absolute atomic E-state index is 0.322. The SMILES string of the molecule is Cc1ccc(CNCc2ccc(C(=O)O)cc2)c(C)c1. The molecule has 0 amide bonds. The van der Waals surface area contributed by atoms with Crippen LogP contribution in [0.1, 0.15) is 32.6 Å². The minimum Gasteiger partial charge on any atom is -0.478 e. The van der Waals surface area contributed by atoms with Crippen molar-refractivity contribution in [1.29, 1.82) is 0 Å². The van der Waals surface area contributed by atoms with Gasteiger partial charge in [-0.15, -0.1) is 0 Å². The van der Waals surface area contributed by atoms with Crippen LogP contribution in [0.4, 0.5) is 0 Å². The number of carboxylic acid groups (broad SMARTS) is 1. The van der Waals surface area contributed by atoms with Crippen molar-refractivity contribution in [3.8, 4) is 0 Å². The number of hydrogen-bond donors (Lipinski definition) is 2. The van der Waals surface area contributed by atoms with Crippen LogP contribution < -0.4 is 5.32 Å². The normalized spacial score (nSPS) is 10.5. The molecule has 0 bridgehead atoms. The van der Waals surface area contributed by atoms with Gasteiger partial charge in [0.05, 0.1) is 5.56 Å². The lowest BCUT2D eigenvalue weighted by molar-refractivity contribution is 0.0697. The molecule has 0 radical (unpaired) electrons. The first-order chi connectivity index (χ1) is 9.56. The van der Waals surface area contributed by atoms with Crippen molar-refractivity contribution >= 4 is 5.97 Å². The van der Waals surface area contributed by atoms with Gasteiger partial charge >= 0.3 is 5.97 Å². The fourth-order valence-electron chi connectivity index (χ4n) is 2.15. The standard InChI is InChI=1S/C17H19NO2/c1-12-3-6-16(13(2)9-12)11-18-10-14-4-7-15(8-5-14)17(19)20/h3-9,18H,10-11H2,1-2H3,(H,19,20). The van der Waals surface area contributed by atoms with Gasteiger partial charge in [0.15, 0.2) is 0 Å². The van der Waals surface area contributed by atoms with Crippen LogP contribution in [0.2, 0.25) is 0 Å². The summed E-state index contributed by atoms with van der Waals surface area (Å²) in [6, 6.07) is 13.4. The number of rotatable bonds is 5. The molecule has 3 heteroatoms. The molecular weight excluding hydrogens is 250 g/mol. The van der Waals surface area contributed by atoms with Gasteiger partial charge in [0.25, 0.3) is 0 Å². The van der Waals surface area contributed by atoms with E-state index in [1.165, 1.54) is 16.7 Å². The van der Waals surface area contributed by atoms with E-state index in [1.807, 2.05) is 12.1 Å². The average molecular weight is 269 g/mol. The van der Waals surface area contributed by atoms with E-state index in [-0.39, 0.29) is 0 Å². The van der Waals surface area contributed by atoms with Crippen LogP contribution in [-0.2, 0) is 13.1 Å². The van der Waals surface area contributed by atoms with E-state index in [1.54, 1.807) is 12.1 Å². The number of benzene rings is 2. The Morgan fingerprint density at radius 1 is 1.05 bits per heavy atom. The molecular formula is C17H19NO2. The van der Waals surface area contributed by atoms with E-state index in [2.05, 4.69) is 37.4 Å². The van der Waals surface area contributed by atoms with Crippen LogP contribution in [0.25, 0.3) is 0 Å². The molecule has 2 N–H and O–H groups in total. The highest BCUT2D eigenvalue weighted by atomic mass is 16.4. The van der Waals surface area contributed by atoms with Gasteiger partial charge in [0.2, 0.25) is 0 Å². The van der Waals surface area contributed by atoms with Crippen LogP contribution in [0.3, 0.4) is 0 Å². The third-order valence-electron chi connectivity index (χ3n) is 3.34. The highest BCUT2D eigenvalue weighted by molar-refractivity contribution is 5.87. The number of hydrogen-bond acceptors (Lipinski definition) is 2. The number of aryl methyl sites for hydroxylation is 2. The summed E-state index contributed by atoms with van der Waals surface area (Å²) in [4.78, 5) is 10.8. The van der Waals surface area contributed by atoms with Gasteiger partial charge < -0.3 is 10.4 Å². The van der Waals surface area contributed by atoms with Gasteiger partial charge in [-0.2, -0.15) is 0 Å². The van der Waals surface area contributed by atoms with Crippen molar-refractivity contribution in [3.63, 3.8) is 0 Å². The first-order valence-corrected chi connectivity index (χ1v) is 6.65. The third-order valence-corrected chi connectivity index (χ3v) is 3.34. The predicted octanol–water partition coefficient (Wildman–Crippen LogP) is 3.29. The Morgan fingerprint density at radius 2 is 1.75 bits per heavy atom. The predicted molar refractivity (Wildman–Crippen MR) is 79.9 cm³/mol. The fraction of sp³-hybridized carbons (Fsp3) is 0.235. The number of carbonyl (C=O) groups is 1. The second kappa shape index (κ2) is 6.35. The highest BCUT2D eigenvalue weighted by Gasteiger charge is 2.02. The Kier molecular flexibility index (Phi) is 4.53. The molecule has 0 heterocycles. The molecule has 3 nitrogen and oxygen atoms in total. The van der Waals surface area contributed by atoms with E-state index in [4.69, 9.17) is 5.11 Å². The Hall–Kier alpha value is -2.13. The molecule has 20 heavy (non-hydrogen) atoms. The summed E-state index contributed by atoms with van der Waals surface area (Å²) in [5.74, 6) is -0.889. The lowest BCUT2D eigenvalue weighted by Crippen LogP contribution is -2.13. The molecule has 2 aromatic rings. The number of nitrogens with one attached hydrogen (secondary N) is 1. The van der Waals surface area contributed by atoms with Crippen LogP contribution in [0, 0.1) is 13.8 Å². The Labute approximate surface area is 119 Å². The van der Waals surface area contributed by atoms with Crippen molar-refractivity contribution in [3.05, 3.63) is 70.3 Å². The molecule has 2 aromatic carbocycles. The average Bonchev–Trinajstić information content (AvgIpc) is 2.42. The highest BCUT2D eigenvalue weighted by Crippen LogP contribution is 2.10. The number of aromatic carboxylic acids is 1. The van der Waals surface area contributed by atoms with Crippen LogP contribution >= 0.6 is 0 Å². The zero-order valence-corrected chi connectivity index (χ0v) is 11.8. The minimum atomic E-state index is -0.889. The molecule has 0 aliphatic rings. The van der Waals surface area contributed by atoms with E-state index >= 15 is 0 Å². The maximum atomic E-state index is 10.8. The molecule has 0 spiro atoms. The van der Waals surface area contributed by atoms with Crippen molar-refractivity contribution in [2.24, 2.45) is 0 Å². The van der Waals surface area contributed by atoms with Crippen molar-refractivity contribution in [1.82, 2.24) is 5.32 Å². The molecule has 0 saturated carbocycles. The summed E-state index contributed by atoms with van der Waals surface area (Å²) in [7, 11) is 0. The second-order valence-corrected chi connectivity index (χ2v) is 5.04. The number of carboxylic acids is 1. The Bertz CT molecular complexity index is 603. The molecule has 0 aliphatic carbocycles. The van der Waals surface area contributed by atoms with Crippen LogP contribution in [0.15, 0.2) is 42.5 Å². The maximum Gasteiger partial charge on any atom is 0.335 e. The quantitative estimate of drug-likeness (QED) is 0.875. The lowest BCUT2D eigenvalue weighted by Gasteiger charge is -2.09. The molecule has 0 aliphatic heterocycles. The van der Waals surface area contributed by atoms with Crippen LogP contribution in [0.5, 0.6) is 0 Å². The third kappa shape index (κ3) is 3.68. The van der Waals surface area contributed by atoms with Gasteiger partial charge in [-0.25, -0.2) is 4.79 Å². The van der Waals surface area contributed by atoms with Gasteiger partial charge in [-0.05, 0) is 42.7 Å². The zero-order valence-electron chi connectivity index (χ0n) is 11.8. The molecule has 0 aromatic heterocycles.